The van der Waals surface area contributed by atoms with Gasteiger partial charge in [-0.15, -0.1) is 0 Å². The maximum absolute atomic E-state index is 7.13. The van der Waals surface area contributed by atoms with Crippen LogP contribution >= 0.6 is 0 Å². The molecule has 3 aliphatic heterocycles. The van der Waals surface area contributed by atoms with Gasteiger partial charge in [0.15, 0.2) is 0 Å². The molecule has 3 aliphatic rings. The van der Waals surface area contributed by atoms with Gasteiger partial charge in [0, 0.05) is 25.3 Å². The highest BCUT2D eigenvalue weighted by atomic mass is 28.5. The lowest BCUT2D eigenvalue weighted by molar-refractivity contribution is 0.129. The number of benzene rings is 4. The zero-order valence-corrected chi connectivity index (χ0v) is 58.9. The van der Waals surface area contributed by atoms with E-state index in [4.69, 9.17) is 58.9 Å². The Morgan fingerprint density at radius 3 is 1.17 bits per heavy atom. The van der Waals surface area contributed by atoms with Gasteiger partial charge in [0.2, 0.25) is 0 Å². The molecule has 0 aromatic heterocycles. The fraction of sp³-hybridized carbons (Fsp3) is 0.520. The molecular weight excluding hydrogens is 1160 g/mol. The molecule has 2 unspecified atom stereocenters. The summed E-state index contributed by atoms with van der Waals surface area (Å²) in [6.45, 7) is 27.0. The Morgan fingerprint density at radius 1 is 0.342 bits per heavy atom. The van der Waals surface area contributed by atoms with E-state index in [1.807, 2.05) is 39.3 Å². The molecule has 76 heavy (non-hydrogen) atoms. The normalized spacial score (nSPS) is 23.6. The van der Waals surface area contributed by atoms with Crippen LogP contribution in [0.15, 0.2) is 97.1 Å². The van der Waals surface area contributed by atoms with E-state index in [0.29, 0.717) is 13.2 Å². The van der Waals surface area contributed by atoms with Crippen LogP contribution < -0.4 is 4.74 Å². The lowest BCUT2D eigenvalue weighted by atomic mass is 10.0. The number of ether oxygens (including phenoxy) is 2. The van der Waals surface area contributed by atoms with Crippen LogP contribution in [0.3, 0.4) is 0 Å². The second-order valence-electron chi connectivity index (χ2n) is 20.6. The first-order chi connectivity index (χ1) is 36.2. The zero-order valence-electron chi connectivity index (χ0n) is 46.9. The second kappa shape index (κ2) is 29.7. The molecule has 3 heterocycles. The molecule has 3 saturated heterocycles. The molecule has 14 nitrogen and oxygen atoms in total. The van der Waals surface area contributed by atoms with Crippen LogP contribution in [-0.4, -0.2) is 128 Å². The predicted molar refractivity (Wildman–Crippen MR) is 319 cm³/mol. The third kappa shape index (κ3) is 21.3. The molecule has 4 aromatic carbocycles. The first-order valence-electron chi connectivity index (χ1n) is 26.6. The summed E-state index contributed by atoms with van der Waals surface area (Å²) in [5, 5.41) is 0. The highest BCUT2D eigenvalue weighted by molar-refractivity contribution is 6.87. The summed E-state index contributed by atoms with van der Waals surface area (Å²) in [5.41, 5.74) is 8.90. The lowest BCUT2D eigenvalue weighted by Crippen LogP contribution is -2.60. The Balaban J connectivity index is 0.788. The Morgan fingerprint density at radius 2 is 0.684 bits per heavy atom. The minimum Gasteiger partial charge on any atom is -0.494 e. The number of hydrogen-bond donors (Lipinski definition) is 0. The van der Waals surface area contributed by atoms with E-state index in [0.717, 1.165) is 81.5 Å². The highest BCUT2D eigenvalue weighted by Gasteiger charge is 2.48. The molecule has 4 aromatic rings. The first kappa shape index (κ1) is 62.4. The monoisotopic (exact) mass is 1240 g/mol. The molecule has 8 radical (unpaired) electrons. The standard InChI is InChI=1S/C50H80O14Si12/c1-65-53-67(3)58-73(9,59-68(4)54-65)37-16-36-52-50-32-30-47(31-33-50)40-46-24-28-49(29-25-46)42-76(12)63-72(8)57-71(7)60-74(10,64-76)38-15-35-51-34-14-13-17-43-18-20-44(21-19-43)39-45-22-26-48(27-23-45)41-75(11)61-69(5)55-66(2)56-70(6)62-75/h18-33H,13-17,34-42H2,1-12H3. The van der Waals surface area contributed by atoms with E-state index >= 15 is 0 Å². The smallest absolute Gasteiger partial charge is 0.362 e. The molecule has 26 heteroatoms. The van der Waals surface area contributed by atoms with Crippen molar-refractivity contribution in [1.29, 1.82) is 0 Å². The average molecular weight is 1240 g/mol. The van der Waals surface area contributed by atoms with E-state index in [9.17, 15) is 0 Å². The van der Waals surface area contributed by atoms with Gasteiger partial charge in [-0.1, -0.05) is 84.9 Å². The lowest BCUT2D eigenvalue weighted by Gasteiger charge is -2.42. The maximum atomic E-state index is 7.13. The minimum absolute atomic E-state index is 0.603. The average Bonchev–Trinajstić information content (AvgIpc) is 3.32. The van der Waals surface area contributed by atoms with Gasteiger partial charge < -0.3 is 58.9 Å². The zero-order chi connectivity index (χ0) is 54.4. The fourth-order valence-corrected chi connectivity index (χ4v) is 49.1. The van der Waals surface area contributed by atoms with Crippen LogP contribution in [0.2, 0.25) is 90.7 Å². The largest absolute Gasteiger partial charge is 0.494 e. The topological polar surface area (TPSA) is 129 Å². The van der Waals surface area contributed by atoms with E-state index in [-0.39, 0.29) is 0 Å². The molecule has 7 rings (SSSR count). The van der Waals surface area contributed by atoms with Crippen LogP contribution in [0.4, 0.5) is 0 Å². The summed E-state index contributed by atoms with van der Waals surface area (Å²) in [6.07, 6.45) is 6.62. The summed E-state index contributed by atoms with van der Waals surface area (Å²) in [7, 11) is -21.3. The van der Waals surface area contributed by atoms with Gasteiger partial charge in [0.25, 0.3) is 0 Å². The SMILES string of the molecule is C[Si]1O[Si](C)O[Si](C)(CCCOc2ccc(Cc3ccc(C[Si]4(C)O[Si](C)O[Si](C)O[Si](C)(CCCOCCCCc5ccc(Cc6ccc(C[Si]7(C)O[Si](C)O[Si](C)O[Si](C)O7)cc6)cc5)O4)cc3)cc2)O[Si](C)O1. The van der Waals surface area contributed by atoms with Gasteiger partial charge in [0.05, 0.1) is 6.61 Å². The van der Waals surface area contributed by atoms with Crippen molar-refractivity contribution in [1.82, 2.24) is 0 Å². The van der Waals surface area contributed by atoms with E-state index < -0.39 is 109 Å². The van der Waals surface area contributed by atoms with Crippen LogP contribution in [0.25, 0.3) is 0 Å². The van der Waals surface area contributed by atoms with Gasteiger partial charge in [-0.2, -0.15) is 0 Å². The number of rotatable bonds is 22. The van der Waals surface area contributed by atoms with Crippen LogP contribution in [0.1, 0.15) is 64.6 Å². The molecule has 0 saturated carbocycles. The van der Waals surface area contributed by atoms with Crippen molar-refractivity contribution in [2.75, 3.05) is 19.8 Å². The summed E-state index contributed by atoms with van der Waals surface area (Å²) >= 11 is 0. The fourth-order valence-electron chi connectivity index (χ4n) is 9.90. The third-order valence-electron chi connectivity index (χ3n) is 12.9. The van der Waals surface area contributed by atoms with Crippen LogP contribution in [0, 0.1) is 0 Å². The maximum Gasteiger partial charge on any atom is 0.362 e. The van der Waals surface area contributed by atoms with Crippen molar-refractivity contribution in [2.24, 2.45) is 0 Å². The van der Waals surface area contributed by atoms with Gasteiger partial charge >= 0.3 is 109 Å². The molecule has 0 amide bonds. The highest BCUT2D eigenvalue weighted by Crippen LogP contribution is 2.30. The number of hydrogen-bond acceptors (Lipinski definition) is 14. The molecule has 0 aliphatic carbocycles. The van der Waals surface area contributed by atoms with Crippen molar-refractivity contribution in [2.45, 2.75) is 148 Å². The van der Waals surface area contributed by atoms with Crippen molar-refractivity contribution < 1.29 is 58.9 Å². The third-order valence-corrected chi connectivity index (χ3v) is 49.7. The van der Waals surface area contributed by atoms with Gasteiger partial charge in [-0.3, -0.25) is 0 Å². The molecule has 2 atom stereocenters. The molecule has 0 bridgehead atoms. The van der Waals surface area contributed by atoms with Gasteiger partial charge in [-0.25, -0.2) is 0 Å². The molecule has 0 N–H and O–H groups in total. The van der Waals surface area contributed by atoms with Crippen molar-refractivity contribution in [3.63, 3.8) is 0 Å². The summed E-state index contributed by atoms with van der Waals surface area (Å²) in [5.74, 6) is 0.867. The summed E-state index contributed by atoms with van der Waals surface area (Å²) < 4.78 is 89.0. The van der Waals surface area contributed by atoms with E-state index in [1.54, 1.807) is 0 Å². The Kier molecular flexibility index (Phi) is 24.3. The quantitative estimate of drug-likeness (QED) is 0.0547. The van der Waals surface area contributed by atoms with E-state index in [1.165, 1.54) is 38.9 Å². The Bertz CT molecular complexity index is 2330. The Hall–Kier alpha value is -1.24. The van der Waals surface area contributed by atoms with E-state index in [2.05, 4.69) is 136 Å². The second-order valence-corrected chi connectivity index (χ2v) is 49.1. The molecule has 3 fully saturated rings. The predicted octanol–water partition coefficient (Wildman–Crippen LogP) is 10.7. The Labute approximate surface area is 473 Å². The molecular formula is C50H80O14Si12. The van der Waals surface area contributed by atoms with Crippen LogP contribution in [0.5, 0.6) is 5.75 Å². The van der Waals surface area contributed by atoms with Crippen molar-refractivity contribution >= 4 is 109 Å². The summed E-state index contributed by atoms with van der Waals surface area (Å²) in [4.78, 5) is 0. The van der Waals surface area contributed by atoms with Gasteiger partial charge in [-0.05, 0) is 187 Å². The minimum atomic E-state index is -2.70. The summed E-state index contributed by atoms with van der Waals surface area (Å²) in [6, 6.07) is 38.5. The van der Waals surface area contributed by atoms with Crippen molar-refractivity contribution in [3.05, 3.63) is 136 Å². The number of unbranched alkanes of at least 4 members (excludes halogenated alkanes) is 1. The first-order valence-corrected chi connectivity index (χ1v) is 51.3. The molecule has 0 spiro atoms. The molecule has 412 valence electrons. The van der Waals surface area contributed by atoms with Crippen LogP contribution in [-0.2, 0) is 85.5 Å². The van der Waals surface area contributed by atoms with Gasteiger partial charge in [0.1, 0.15) is 5.75 Å². The number of aryl methyl sites for hydroxylation is 1. The van der Waals surface area contributed by atoms with Crippen molar-refractivity contribution in [3.8, 4) is 5.75 Å².